The van der Waals surface area contributed by atoms with Crippen molar-refractivity contribution in [3.63, 3.8) is 0 Å². The summed E-state index contributed by atoms with van der Waals surface area (Å²) in [4.78, 5) is 24.2. The Labute approximate surface area is 138 Å². The molecule has 116 valence electrons. The minimum Gasteiger partial charge on any atom is -0.351 e. The van der Waals surface area contributed by atoms with Gasteiger partial charge in [-0.1, -0.05) is 23.7 Å². The molecule has 0 radical (unpaired) electrons. The van der Waals surface area contributed by atoms with Crippen LogP contribution in [-0.2, 0) is 4.79 Å². The molecule has 4 nitrogen and oxygen atoms in total. The quantitative estimate of drug-likeness (QED) is 0.787. The van der Waals surface area contributed by atoms with Crippen LogP contribution >= 0.6 is 22.9 Å². The summed E-state index contributed by atoms with van der Waals surface area (Å²) in [6.45, 7) is 2.40. The first-order valence-electron chi connectivity index (χ1n) is 6.94. The highest BCUT2D eigenvalue weighted by Gasteiger charge is 2.08. The zero-order valence-corrected chi connectivity index (χ0v) is 13.8. The molecule has 0 saturated carbocycles. The molecule has 2 rings (SSSR count). The van der Waals surface area contributed by atoms with E-state index in [1.165, 1.54) is 11.3 Å². The van der Waals surface area contributed by atoms with Crippen LogP contribution < -0.4 is 10.6 Å². The van der Waals surface area contributed by atoms with Gasteiger partial charge < -0.3 is 10.6 Å². The van der Waals surface area contributed by atoms with Crippen LogP contribution in [0.25, 0.3) is 0 Å². The fraction of sp³-hybridized carbons (Fsp3) is 0.250. The van der Waals surface area contributed by atoms with E-state index in [2.05, 4.69) is 10.6 Å². The summed E-state index contributed by atoms with van der Waals surface area (Å²) >= 11 is 7.46. The topological polar surface area (TPSA) is 58.2 Å². The molecule has 2 aromatic rings. The monoisotopic (exact) mass is 336 g/mol. The van der Waals surface area contributed by atoms with Crippen LogP contribution in [-0.4, -0.2) is 18.4 Å². The van der Waals surface area contributed by atoms with Crippen molar-refractivity contribution in [1.29, 1.82) is 0 Å². The highest BCUT2D eigenvalue weighted by atomic mass is 35.5. The maximum Gasteiger partial charge on any atom is 0.261 e. The second-order valence-corrected chi connectivity index (χ2v) is 6.22. The number of amides is 2. The highest BCUT2D eigenvalue weighted by molar-refractivity contribution is 7.12. The van der Waals surface area contributed by atoms with Gasteiger partial charge in [0.2, 0.25) is 5.91 Å². The van der Waals surface area contributed by atoms with Crippen LogP contribution in [0, 0.1) is 6.92 Å². The SMILES string of the molecule is Cc1ccc(NC(=O)CCCNC(=O)c2cccs2)c(Cl)c1. The third-order valence-electron chi connectivity index (χ3n) is 3.01. The molecule has 0 fully saturated rings. The molecule has 0 aliphatic heterocycles. The average Bonchev–Trinajstić information content (AvgIpc) is 3.01. The number of carbonyl (C=O) groups is 2. The Morgan fingerprint density at radius 2 is 2.09 bits per heavy atom. The van der Waals surface area contributed by atoms with Gasteiger partial charge in [-0.2, -0.15) is 0 Å². The predicted octanol–water partition coefficient (Wildman–Crippen LogP) is 3.86. The van der Waals surface area contributed by atoms with E-state index in [1.54, 1.807) is 18.2 Å². The summed E-state index contributed by atoms with van der Waals surface area (Å²) < 4.78 is 0. The first kappa shape index (κ1) is 16.5. The summed E-state index contributed by atoms with van der Waals surface area (Å²) in [5.74, 6) is -0.215. The zero-order valence-electron chi connectivity index (χ0n) is 12.2. The lowest BCUT2D eigenvalue weighted by atomic mass is 10.2. The normalized spacial score (nSPS) is 10.3. The molecule has 1 aromatic heterocycles. The third kappa shape index (κ3) is 4.86. The lowest BCUT2D eigenvalue weighted by molar-refractivity contribution is -0.116. The molecule has 0 aliphatic carbocycles. The Hall–Kier alpha value is -1.85. The predicted molar refractivity (Wildman–Crippen MR) is 90.7 cm³/mol. The number of halogens is 1. The number of thiophene rings is 1. The molecule has 2 amide bonds. The van der Waals surface area contributed by atoms with Crippen molar-refractivity contribution in [2.75, 3.05) is 11.9 Å². The number of benzene rings is 1. The minimum absolute atomic E-state index is 0.100. The van der Waals surface area contributed by atoms with Gasteiger partial charge in [-0.3, -0.25) is 9.59 Å². The van der Waals surface area contributed by atoms with Gasteiger partial charge in [0.05, 0.1) is 15.6 Å². The van der Waals surface area contributed by atoms with Gasteiger partial charge in [-0.15, -0.1) is 11.3 Å². The van der Waals surface area contributed by atoms with E-state index >= 15 is 0 Å². The van der Waals surface area contributed by atoms with E-state index in [0.29, 0.717) is 35.0 Å². The average molecular weight is 337 g/mol. The number of aryl methyl sites for hydroxylation is 1. The Kier molecular flexibility index (Phi) is 5.98. The first-order chi connectivity index (χ1) is 10.6. The molecule has 6 heteroatoms. The van der Waals surface area contributed by atoms with Crippen molar-refractivity contribution >= 4 is 40.4 Å². The van der Waals surface area contributed by atoms with Crippen molar-refractivity contribution in [3.05, 3.63) is 51.2 Å². The number of hydrogen-bond acceptors (Lipinski definition) is 3. The molecule has 1 heterocycles. The lowest BCUT2D eigenvalue weighted by Gasteiger charge is -2.08. The Bertz CT molecular complexity index is 656. The van der Waals surface area contributed by atoms with E-state index in [4.69, 9.17) is 11.6 Å². The van der Waals surface area contributed by atoms with Crippen LogP contribution in [0.3, 0.4) is 0 Å². The number of carbonyl (C=O) groups excluding carboxylic acids is 2. The molecule has 2 N–H and O–H groups in total. The first-order valence-corrected chi connectivity index (χ1v) is 8.20. The van der Waals surface area contributed by atoms with Gasteiger partial charge in [0, 0.05) is 13.0 Å². The van der Waals surface area contributed by atoms with Gasteiger partial charge in [0.1, 0.15) is 0 Å². The zero-order chi connectivity index (χ0) is 15.9. The van der Waals surface area contributed by atoms with Crippen LogP contribution in [0.1, 0.15) is 28.1 Å². The third-order valence-corrected chi connectivity index (χ3v) is 4.19. The molecule has 0 spiro atoms. The summed E-state index contributed by atoms with van der Waals surface area (Å²) in [6.07, 6.45) is 0.904. The van der Waals surface area contributed by atoms with Crippen molar-refractivity contribution < 1.29 is 9.59 Å². The van der Waals surface area contributed by atoms with Gasteiger partial charge >= 0.3 is 0 Å². The van der Waals surface area contributed by atoms with Crippen molar-refractivity contribution in [3.8, 4) is 0 Å². The van der Waals surface area contributed by atoms with Crippen LogP contribution in [0.5, 0.6) is 0 Å². The molecule has 0 bridgehead atoms. The maximum absolute atomic E-state index is 11.8. The number of hydrogen-bond donors (Lipinski definition) is 2. The van der Waals surface area contributed by atoms with Gasteiger partial charge in [-0.05, 0) is 42.5 Å². The van der Waals surface area contributed by atoms with E-state index < -0.39 is 0 Å². The maximum atomic E-state index is 11.8. The summed E-state index contributed by atoms with van der Waals surface area (Å²) in [5, 5.41) is 7.94. The number of rotatable bonds is 6. The largest absolute Gasteiger partial charge is 0.351 e. The van der Waals surface area contributed by atoms with Crippen molar-refractivity contribution in [2.24, 2.45) is 0 Å². The molecule has 1 aromatic carbocycles. The van der Waals surface area contributed by atoms with E-state index in [-0.39, 0.29) is 11.8 Å². The van der Waals surface area contributed by atoms with Gasteiger partial charge in [0.25, 0.3) is 5.91 Å². The highest BCUT2D eigenvalue weighted by Crippen LogP contribution is 2.22. The van der Waals surface area contributed by atoms with Crippen LogP contribution in [0.2, 0.25) is 5.02 Å². The molecule has 0 aliphatic rings. The molecular formula is C16H17ClN2O2S. The number of anilines is 1. The summed E-state index contributed by atoms with van der Waals surface area (Å²) in [7, 11) is 0. The molecule has 0 atom stereocenters. The van der Waals surface area contributed by atoms with Crippen molar-refractivity contribution in [2.45, 2.75) is 19.8 Å². The van der Waals surface area contributed by atoms with Crippen LogP contribution in [0.4, 0.5) is 5.69 Å². The minimum atomic E-state index is -0.115. The van der Waals surface area contributed by atoms with Gasteiger partial charge in [-0.25, -0.2) is 0 Å². The summed E-state index contributed by atoms with van der Waals surface area (Å²) in [6, 6.07) is 9.08. The smallest absolute Gasteiger partial charge is 0.261 e. The fourth-order valence-corrected chi connectivity index (χ4v) is 2.80. The molecule has 0 unspecified atom stereocenters. The Morgan fingerprint density at radius 3 is 2.77 bits per heavy atom. The fourth-order valence-electron chi connectivity index (χ4n) is 1.88. The Morgan fingerprint density at radius 1 is 1.27 bits per heavy atom. The second kappa shape index (κ2) is 7.96. The molecule has 22 heavy (non-hydrogen) atoms. The standard InChI is InChI=1S/C16H17ClN2O2S/c1-11-6-7-13(12(17)10-11)19-15(20)5-2-8-18-16(21)14-4-3-9-22-14/h3-4,6-7,9-10H,2,5,8H2,1H3,(H,18,21)(H,19,20). The summed E-state index contributed by atoms with van der Waals surface area (Å²) in [5.41, 5.74) is 1.65. The number of nitrogens with one attached hydrogen (secondary N) is 2. The Balaban J connectivity index is 1.71. The van der Waals surface area contributed by atoms with E-state index in [0.717, 1.165) is 5.56 Å². The van der Waals surface area contributed by atoms with E-state index in [1.807, 2.05) is 24.4 Å². The molecular weight excluding hydrogens is 320 g/mol. The second-order valence-electron chi connectivity index (χ2n) is 4.87. The molecule has 0 saturated heterocycles. The van der Waals surface area contributed by atoms with Gasteiger partial charge in [0.15, 0.2) is 0 Å². The lowest BCUT2D eigenvalue weighted by Crippen LogP contribution is -2.24. The van der Waals surface area contributed by atoms with Crippen LogP contribution in [0.15, 0.2) is 35.7 Å². The van der Waals surface area contributed by atoms with Crippen molar-refractivity contribution in [1.82, 2.24) is 5.32 Å². The van der Waals surface area contributed by atoms with E-state index in [9.17, 15) is 9.59 Å².